The second kappa shape index (κ2) is 13.2. The van der Waals surface area contributed by atoms with Gasteiger partial charge >= 0.3 is 0 Å². The molecule has 0 aromatic rings. The normalized spacial score (nSPS) is 13.6. The Balaban J connectivity index is 3.64. The van der Waals surface area contributed by atoms with E-state index in [0.717, 1.165) is 44.5 Å². The maximum absolute atomic E-state index is 5.32. The van der Waals surface area contributed by atoms with Gasteiger partial charge in [0.15, 0.2) is 5.96 Å². The van der Waals surface area contributed by atoms with Crippen molar-refractivity contribution < 1.29 is 4.74 Å². The third-order valence-electron chi connectivity index (χ3n) is 3.24. The van der Waals surface area contributed by atoms with E-state index in [1.54, 1.807) is 0 Å². The third kappa shape index (κ3) is 12.3. The highest BCUT2D eigenvalue weighted by molar-refractivity contribution is 5.79. The van der Waals surface area contributed by atoms with Crippen LogP contribution >= 0.6 is 0 Å². The van der Waals surface area contributed by atoms with Crippen LogP contribution in [-0.4, -0.2) is 38.8 Å². The second-order valence-corrected chi connectivity index (χ2v) is 5.77. The SMILES string of the molecule is CCOCCCCNC(=NC)NC(C)CCCC(C)C. The number of ether oxygens (including phenoxy) is 1. The highest BCUT2D eigenvalue weighted by Crippen LogP contribution is 2.08. The molecule has 0 saturated carbocycles. The third-order valence-corrected chi connectivity index (χ3v) is 3.24. The molecule has 0 aliphatic carbocycles. The summed E-state index contributed by atoms with van der Waals surface area (Å²) < 4.78 is 5.32. The zero-order valence-corrected chi connectivity index (χ0v) is 14.2. The molecule has 0 bridgehead atoms. The Morgan fingerprint density at radius 1 is 1.10 bits per heavy atom. The molecule has 1 atom stereocenters. The highest BCUT2D eigenvalue weighted by Gasteiger charge is 2.05. The quantitative estimate of drug-likeness (QED) is 0.348. The molecule has 2 N–H and O–H groups in total. The van der Waals surface area contributed by atoms with E-state index in [1.165, 1.54) is 19.3 Å². The predicted molar refractivity (Wildman–Crippen MR) is 88.4 cm³/mol. The second-order valence-electron chi connectivity index (χ2n) is 5.77. The molecule has 20 heavy (non-hydrogen) atoms. The predicted octanol–water partition coefficient (Wildman–Crippen LogP) is 3.18. The molecule has 0 aromatic heterocycles. The van der Waals surface area contributed by atoms with Crippen LogP contribution in [0.1, 0.15) is 59.8 Å². The Bertz CT molecular complexity index is 242. The number of hydrogen-bond donors (Lipinski definition) is 2. The van der Waals surface area contributed by atoms with Crippen molar-refractivity contribution in [3.05, 3.63) is 0 Å². The van der Waals surface area contributed by atoms with Crippen LogP contribution < -0.4 is 10.6 Å². The number of aliphatic imine (C=N–C) groups is 1. The van der Waals surface area contributed by atoms with Crippen LogP contribution in [0.15, 0.2) is 4.99 Å². The fourth-order valence-corrected chi connectivity index (χ4v) is 2.01. The van der Waals surface area contributed by atoms with Gasteiger partial charge in [-0.2, -0.15) is 0 Å². The summed E-state index contributed by atoms with van der Waals surface area (Å²) in [6, 6.07) is 0.475. The van der Waals surface area contributed by atoms with Gasteiger partial charge in [0.1, 0.15) is 0 Å². The lowest BCUT2D eigenvalue weighted by Crippen LogP contribution is -2.42. The van der Waals surface area contributed by atoms with Crippen molar-refractivity contribution in [2.45, 2.75) is 65.8 Å². The van der Waals surface area contributed by atoms with Gasteiger partial charge in [-0.05, 0) is 39.0 Å². The molecule has 0 aromatic carbocycles. The fraction of sp³-hybridized carbons (Fsp3) is 0.938. The van der Waals surface area contributed by atoms with Gasteiger partial charge in [0.05, 0.1) is 0 Å². The van der Waals surface area contributed by atoms with E-state index >= 15 is 0 Å². The summed E-state index contributed by atoms with van der Waals surface area (Å²) in [6.45, 7) is 11.4. The molecular formula is C16H35N3O. The number of rotatable bonds is 11. The van der Waals surface area contributed by atoms with Gasteiger partial charge in [0.2, 0.25) is 0 Å². The largest absolute Gasteiger partial charge is 0.382 e. The Hall–Kier alpha value is -0.770. The summed E-state index contributed by atoms with van der Waals surface area (Å²) in [4.78, 5) is 4.27. The van der Waals surface area contributed by atoms with Crippen LogP contribution in [0.25, 0.3) is 0 Å². The molecule has 0 saturated heterocycles. The lowest BCUT2D eigenvalue weighted by Gasteiger charge is -2.18. The molecule has 0 radical (unpaired) electrons. The van der Waals surface area contributed by atoms with Crippen LogP contribution in [0.5, 0.6) is 0 Å². The van der Waals surface area contributed by atoms with Crippen LogP contribution in [-0.2, 0) is 4.74 Å². The van der Waals surface area contributed by atoms with Crippen LogP contribution in [0, 0.1) is 5.92 Å². The summed E-state index contributed by atoms with van der Waals surface area (Å²) in [5.41, 5.74) is 0. The van der Waals surface area contributed by atoms with Gasteiger partial charge in [-0.15, -0.1) is 0 Å². The Labute approximate surface area is 125 Å². The molecule has 0 spiro atoms. The van der Waals surface area contributed by atoms with E-state index in [-0.39, 0.29) is 0 Å². The van der Waals surface area contributed by atoms with Crippen molar-refractivity contribution in [3.8, 4) is 0 Å². The number of nitrogens with one attached hydrogen (secondary N) is 2. The summed E-state index contributed by atoms with van der Waals surface area (Å²) >= 11 is 0. The molecule has 0 aliphatic heterocycles. The maximum atomic E-state index is 5.32. The Kier molecular flexibility index (Phi) is 12.7. The average Bonchev–Trinajstić information content (AvgIpc) is 2.40. The lowest BCUT2D eigenvalue weighted by molar-refractivity contribution is 0.143. The standard InChI is InChI=1S/C16H35N3O/c1-6-20-13-8-7-12-18-16(17-5)19-15(4)11-9-10-14(2)3/h14-15H,6-13H2,1-5H3,(H2,17,18,19). The van der Waals surface area contributed by atoms with E-state index in [2.05, 4.69) is 36.4 Å². The topological polar surface area (TPSA) is 45.6 Å². The summed E-state index contributed by atoms with van der Waals surface area (Å²) in [7, 11) is 1.83. The highest BCUT2D eigenvalue weighted by atomic mass is 16.5. The van der Waals surface area contributed by atoms with Gasteiger partial charge in [-0.3, -0.25) is 4.99 Å². The molecule has 4 nitrogen and oxygen atoms in total. The van der Waals surface area contributed by atoms with Crippen LogP contribution in [0.3, 0.4) is 0 Å². The minimum Gasteiger partial charge on any atom is -0.382 e. The van der Waals surface area contributed by atoms with E-state index < -0.39 is 0 Å². The molecule has 0 rings (SSSR count). The van der Waals surface area contributed by atoms with Gasteiger partial charge in [-0.1, -0.05) is 26.7 Å². The minimum absolute atomic E-state index is 0.475. The van der Waals surface area contributed by atoms with Crippen LogP contribution in [0.2, 0.25) is 0 Å². The van der Waals surface area contributed by atoms with Gasteiger partial charge in [-0.25, -0.2) is 0 Å². The Morgan fingerprint density at radius 2 is 1.85 bits per heavy atom. The van der Waals surface area contributed by atoms with Crippen molar-refractivity contribution in [3.63, 3.8) is 0 Å². The van der Waals surface area contributed by atoms with Gasteiger partial charge in [0.25, 0.3) is 0 Å². The molecular weight excluding hydrogens is 250 g/mol. The number of hydrogen-bond acceptors (Lipinski definition) is 2. The first-order valence-corrected chi connectivity index (χ1v) is 8.15. The van der Waals surface area contributed by atoms with Gasteiger partial charge < -0.3 is 15.4 Å². The number of guanidine groups is 1. The lowest BCUT2D eigenvalue weighted by atomic mass is 10.0. The van der Waals surface area contributed by atoms with E-state index in [9.17, 15) is 0 Å². The van der Waals surface area contributed by atoms with Crippen molar-refractivity contribution in [1.82, 2.24) is 10.6 Å². The number of unbranched alkanes of at least 4 members (excludes halogenated alkanes) is 1. The minimum atomic E-state index is 0.475. The zero-order valence-electron chi connectivity index (χ0n) is 14.2. The van der Waals surface area contributed by atoms with Gasteiger partial charge in [0, 0.05) is 32.8 Å². The average molecular weight is 285 g/mol. The molecule has 0 fully saturated rings. The summed E-state index contributed by atoms with van der Waals surface area (Å²) in [5, 5.41) is 6.81. The molecule has 0 heterocycles. The summed E-state index contributed by atoms with van der Waals surface area (Å²) in [5.74, 6) is 1.71. The first kappa shape index (κ1) is 19.2. The molecule has 4 heteroatoms. The van der Waals surface area contributed by atoms with Crippen LogP contribution in [0.4, 0.5) is 0 Å². The summed E-state index contributed by atoms with van der Waals surface area (Å²) in [6.07, 6.45) is 5.99. The smallest absolute Gasteiger partial charge is 0.191 e. The molecule has 0 aliphatic rings. The molecule has 0 amide bonds. The Morgan fingerprint density at radius 3 is 2.45 bits per heavy atom. The van der Waals surface area contributed by atoms with Crippen molar-refractivity contribution >= 4 is 5.96 Å². The first-order valence-electron chi connectivity index (χ1n) is 8.15. The van der Waals surface area contributed by atoms with E-state index in [1.807, 2.05) is 14.0 Å². The van der Waals surface area contributed by atoms with E-state index in [0.29, 0.717) is 6.04 Å². The fourth-order valence-electron chi connectivity index (χ4n) is 2.01. The maximum Gasteiger partial charge on any atom is 0.191 e. The molecule has 1 unspecified atom stereocenters. The van der Waals surface area contributed by atoms with Crippen molar-refractivity contribution in [2.75, 3.05) is 26.8 Å². The first-order chi connectivity index (χ1) is 9.60. The zero-order chi connectivity index (χ0) is 15.2. The van der Waals surface area contributed by atoms with Crippen molar-refractivity contribution in [1.29, 1.82) is 0 Å². The van der Waals surface area contributed by atoms with E-state index in [4.69, 9.17) is 4.74 Å². The monoisotopic (exact) mass is 285 g/mol. The van der Waals surface area contributed by atoms with Crippen molar-refractivity contribution in [2.24, 2.45) is 10.9 Å². The number of nitrogens with zero attached hydrogens (tertiary/aromatic N) is 1. The molecule has 120 valence electrons.